The quantitative estimate of drug-likeness (QED) is 0.427. The fourth-order valence-corrected chi connectivity index (χ4v) is 4.69. The van der Waals surface area contributed by atoms with Gasteiger partial charge in [0.25, 0.3) is 0 Å². The van der Waals surface area contributed by atoms with Crippen molar-refractivity contribution in [3.05, 3.63) is 70.8 Å². The third-order valence-electron chi connectivity index (χ3n) is 6.47. The molecule has 0 aromatic heterocycles. The molecule has 4 atom stereocenters. The zero-order valence-electron chi connectivity index (χ0n) is 23.6. The first-order valence-electron chi connectivity index (χ1n) is 13.2. The number of carbonyl (C=O) groups is 4. The van der Waals surface area contributed by atoms with Gasteiger partial charge < -0.3 is 26.0 Å². The molecule has 2 aromatic carbocycles. The van der Waals surface area contributed by atoms with Gasteiger partial charge in [0.15, 0.2) is 0 Å². The molecule has 0 radical (unpaired) electrons. The lowest BCUT2D eigenvalue weighted by Crippen LogP contribution is -2.55. The van der Waals surface area contributed by atoms with Crippen LogP contribution in [-0.2, 0) is 25.7 Å². The molecule has 3 rings (SSSR count). The molecule has 4 amide bonds. The van der Waals surface area contributed by atoms with Crippen LogP contribution in [0.25, 0.3) is 0 Å². The summed E-state index contributed by atoms with van der Waals surface area (Å²) >= 11 is 0. The Morgan fingerprint density at radius 3 is 2.15 bits per heavy atom. The Kier molecular flexibility index (Phi) is 9.37. The summed E-state index contributed by atoms with van der Waals surface area (Å²) < 4.78 is 5.34. The zero-order valence-corrected chi connectivity index (χ0v) is 23.6. The molecule has 0 aliphatic heterocycles. The first kappa shape index (κ1) is 29.7. The van der Waals surface area contributed by atoms with E-state index >= 15 is 0 Å². The van der Waals surface area contributed by atoms with Gasteiger partial charge in [-0.15, -0.1) is 0 Å². The summed E-state index contributed by atoms with van der Waals surface area (Å²) in [6.45, 7) is 11.2. The molecule has 0 heterocycles. The van der Waals surface area contributed by atoms with Crippen LogP contribution in [0.4, 0.5) is 4.79 Å². The van der Waals surface area contributed by atoms with Crippen LogP contribution in [0.15, 0.2) is 48.5 Å². The van der Waals surface area contributed by atoms with Crippen molar-refractivity contribution >= 4 is 23.8 Å². The van der Waals surface area contributed by atoms with Crippen molar-refractivity contribution in [2.24, 2.45) is 11.7 Å². The van der Waals surface area contributed by atoms with Crippen LogP contribution in [-0.4, -0.2) is 46.4 Å². The summed E-state index contributed by atoms with van der Waals surface area (Å²) in [6, 6.07) is 12.7. The minimum atomic E-state index is -1.29. The molecular weight excluding hydrogens is 496 g/mol. The first-order chi connectivity index (χ1) is 18.2. The van der Waals surface area contributed by atoms with E-state index in [1.54, 1.807) is 20.8 Å². The van der Waals surface area contributed by atoms with Crippen molar-refractivity contribution in [3.63, 3.8) is 0 Å². The predicted molar refractivity (Wildman–Crippen MR) is 148 cm³/mol. The van der Waals surface area contributed by atoms with E-state index in [-0.39, 0.29) is 24.4 Å². The molecule has 0 saturated heterocycles. The van der Waals surface area contributed by atoms with Crippen molar-refractivity contribution in [3.8, 4) is 0 Å². The monoisotopic (exact) mass is 536 g/mol. The molecule has 0 bridgehead atoms. The Labute approximate surface area is 230 Å². The number of benzene rings is 2. The normalized spacial score (nSPS) is 17.9. The van der Waals surface area contributed by atoms with Crippen LogP contribution in [0.5, 0.6) is 0 Å². The lowest BCUT2D eigenvalue weighted by molar-refractivity contribution is -0.144. The number of aryl methyl sites for hydroxylation is 2. The largest absolute Gasteiger partial charge is 0.444 e. The number of amides is 4. The van der Waals surface area contributed by atoms with Gasteiger partial charge >= 0.3 is 6.09 Å². The lowest BCUT2D eigenvalue weighted by Gasteiger charge is -2.35. The number of primary amides is 1. The van der Waals surface area contributed by atoms with Gasteiger partial charge in [0.1, 0.15) is 17.7 Å². The number of alkyl carbamates (subject to hydrolysis) is 1. The molecule has 2 aromatic rings. The Morgan fingerprint density at radius 1 is 1.05 bits per heavy atom. The average molecular weight is 537 g/mol. The summed E-state index contributed by atoms with van der Waals surface area (Å²) in [5.41, 5.74) is 8.12. The van der Waals surface area contributed by atoms with Gasteiger partial charge in [0.05, 0.1) is 6.42 Å². The molecule has 1 fully saturated rings. The molecule has 0 spiro atoms. The number of ether oxygens (including phenoxy) is 1. The highest BCUT2D eigenvalue weighted by atomic mass is 16.6. The Bertz CT molecular complexity index is 1190. The zero-order chi connectivity index (χ0) is 28.9. The second-order valence-corrected chi connectivity index (χ2v) is 11.4. The molecule has 1 aliphatic carbocycles. The van der Waals surface area contributed by atoms with Crippen molar-refractivity contribution in [1.29, 1.82) is 0 Å². The second kappa shape index (κ2) is 12.3. The van der Waals surface area contributed by atoms with E-state index in [0.717, 1.165) is 16.7 Å². The van der Waals surface area contributed by atoms with Crippen LogP contribution in [0.2, 0.25) is 0 Å². The molecular formula is C30H40N4O5. The average Bonchev–Trinajstić information content (AvgIpc) is 3.54. The van der Waals surface area contributed by atoms with Crippen LogP contribution in [0.3, 0.4) is 0 Å². The lowest BCUT2D eigenvalue weighted by atomic mass is 9.97. The minimum absolute atomic E-state index is 0.139. The highest BCUT2D eigenvalue weighted by Gasteiger charge is 2.48. The molecule has 9 heteroatoms. The Morgan fingerprint density at radius 2 is 1.64 bits per heavy atom. The molecule has 1 saturated carbocycles. The molecule has 1 aliphatic rings. The van der Waals surface area contributed by atoms with Gasteiger partial charge in [-0.05, 0) is 58.1 Å². The standard InChI is InChI=1S/C30H40N4O5/c1-18-12-19(2)14-22(13-18)26(27(36)32-17-21-10-8-7-9-11-21)34(24-15-20(24)3)28(37)23(16-25(31)35)33-29(38)39-30(4,5)6/h7-14,20,23-24,26H,15-17H2,1-6H3,(H2,31,35)(H,32,36)(H,33,38). The van der Waals surface area contributed by atoms with Gasteiger partial charge in [0.2, 0.25) is 17.7 Å². The SMILES string of the molecule is Cc1cc(C)cc(C(C(=O)NCc2ccccc2)N(C(=O)C(CC(N)=O)NC(=O)OC(C)(C)C)C2CC2C)c1. The molecule has 39 heavy (non-hydrogen) atoms. The van der Waals surface area contributed by atoms with Crippen LogP contribution < -0.4 is 16.4 Å². The smallest absolute Gasteiger partial charge is 0.408 e. The summed E-state index contributed by atoms with van der Waals surface area (Å²) in [7, 11) is 0. The predicted octanol–water partition coefficient (Wildman–Crippen LogP) is 3.67. The summed E-state index contributed by atoms with van der Waals surface area (Å²) in [5.74, 6) is -1.54. The minimum Gasteiger partial charge on any atom is -0.444 e. The van der Waals surface area contributed by atoms with Crippen LogP contribution in [0, 0.1) is 19.8 Å². The fraction of sp³-hybridized carbons (Fsp3) is 0.467. The summed E-state index contributed by atoms with van der Waals surface area (Å²) in [5, 5.41) is 5.51. The topological polar surface area (TPSA) is 131 Å². The molecule has 4 unspecified atom stereocenters. The Hall–Kier alpha value is -3.88. The highest BCUT2D eigenvalue weighted by molar-refractivity contribution is 5.95. The van der Waals surface area contributed by atoms with Gasteiger partial charge in [-0.25, -0.2) is 4.79 Å². The van der Waals surface area contributed by atoms with Crippen LogP contribution >= 0.6 is 0 Å². The number of rotatable bonds is 10. The maximum atomic E-state index is 14.1. The Balaban J connectivity index is 2.01. The van der Waals surface area contributed by atoms with Gasteiger partial charge in [-0.1, -0.05) is 66.6 Å². The van der Waals surface area contributed by atoms with E-state index in [4.69, 9.17) is 10.5 Å². The number of carbonyl (C=O) groups excluding carboxylic acids is 4. The third kappa shape index (κ3) is 8.56. The van der Waals surface area contributed by atoms with Crippen molar-refractivity contribution < 1.29 is 23.9 Å². The van der Waals surface area contributed by atoms with E-state index in [0.29, 0.717) is 12.0 Å². The van der Waals surface area contributed by atoms with E-state index in [1.807, 2.05) is 69.3 Å². The third-order valence-corrected chi connectivity index (χ3v) is 6.47. The van der Waals surface area contributed by atoms with Crippen molar-refractivity contribution in [2.75, 3.05) is 0 Å². The molecule has 4 N–H and O–H groups in total. The number of hydrogen-bond acceptors (Lipinski definition) is 5. The number of nitrogens with zero attached hydrogens (tertiary/aromatic N) is 1. The van der Waals surface area contributed by atoms with E-state index in [1.165, 1.54) is 4.90 Å². The van der Waals surface area contributed by atoms with E-state index in [9.17, 15) is 19.2 Å². The maximum Gasteiger partial charge on any atom is 0.408 e. The van der Waals surface area contributed by atoms with Gasteiger partial charge in [-0.2, -0.15) is 0 Å². The second-order valence-electron chi connectivity index (χ2n) is 11.4. The van der Waals surface area contributed by atoms with Gasteiger partial charge in [-0.3, -0.25) is 14.4 Å². The van der Waals surface area contributed by atoms with Crippen molar-refractivity contribution in [2.45, 2.75) is 84.7 Å². The maximum absolute atomic E-state index is 14.1. The number of nitrogens with one attached hydrogen (secondary N) is 2. The highest BCUT2D eigenvalue weighted by Crippen LogP contribution is 2.41. The number of hydrogen-bond donors (Lipinski definition) is 3. The molecule has 9 nitrogen and oxygen atoms in total. The van der Waals surface area contributed by atoms with Crippen LogP contribution in [0.1, 0.15) is 68.8 Å². The van der Waals surface area contributed by atoms with Crippen molar-refractivity contribution in [1.82, 2.24) is 15.5 Å². The van der Waals surface area contributed by atoms with E-state index < -0.39 is 42.0 Å². The fourth-order valence-electron chi connectivity index (χ4n) is 4.69. The number of nitrogens with two attached hydrogens (primary N) is 1. The summed E-state index contributed by atoms with van der Waals surface area (Å²) in [6.07, 6.45) is -0.585. The van der Waals surface area contributed by atoms with Gasteiger partial charge in [0, 0.05) is 12.6 Å². The van der Waals surface area contributed by atoms with E-state index in [2.05, 4.69) is 10.6 Å². The first-order valence-corrected chi connectivity index (χ1v) is 13.2. The summed E-state index contributed by atoms with van der Waals surface area (Å²) in [4.78, 5) is 54.1. The molecule has 210 valence electrons.